The Labute approximate surface area is 131 Å². The van der Waals surface area contributed by atoms with Crippen LogP contribution in [-0.2, 0) is 21.1 Å². The van der Waals surface area contributed by atoms with Gasteiger partial charge in [-0.3, -0.25) is 9.69 Å². The van der Waals surface area contributed by atoms with Crippen molar-refractivity contribution in [2.24, 2.45) is 0 Å². The Morgan fingerprint density at radius 2 is 2.05 bits per heavy atom. The molecule has 0 aromatic carbocycles. The lowest BCUT2D eigenvalue weighted by Crippen LogP contribution is -2.52. The molecule has 6 nitrogen and oxygen atoms in total. The van der Waals surface area contributed by atoms with Crippen LogP contribution in [0, 0.1) is 0 Å². The lowest BCUT2D eigenvalue weighted by molar-refractivity contribution is -0.133. The van der Waals surface area contributed by atoms with Gasteiger partial charge in [-0.25, -0.2) is 8.42 Å². The molecule has 122 valence electrons. The van der Waals surface area contributed by atoms with Crippen LogP contribution in [0.5, 0.6) is 0 Å². The number of hydrogen-bond acceptors (Lipinski definition) is 5. The first kappa shape index (κ1) is 15.6. The SMILES string of the molecule is O=C(CCc1ccco1)N1CCN(C2CCS(=O)(=O)C2)CC1. The zero-order valence-corrected chi connectivity index (χ0v) is 13.4. The quantitative estimate of drug-likeness (QED) is 0.808. The van der Waals surface area contributed by atoms with Crippen LogP contribution in [0.15, 0.2) is 22.8 Å². The van der Waals surface area contributed by atoms with Crippen LogP contribution >= 0.6 is 0 Å². The largest absolute Gasteiger partial charge is 0.469 e. The van der Waals surface area contributed by atoms with E-state index in [1.165, 1.54) is 0 Å². The van der Waals surface area contributed by atoms with Crippen LogP contribution in [0.3, 0.4) is 0 Å². The van der Waals surface area contributed by atoms with Gasteiger partial charge < -0.3 is 9.32 Å². The third-order valence-electron chi connectivity index (χ3n) is 4.56. The number of piperazine rings is 1. The first-order chi connectivity index (χ1) is 10.5. The zero-order valence-electron chi connectivity index (χ0n) is 12.6. The summed E-state index contributed by atoms with van der Waals surface area (Å²) in [5.74, 6) is 1.57. The molecule has 3 rings (SSSR count). The summed E-state index contributed by atoms with van der Waals surface area (Å²) in [5.41, 5.74) is 0. The summed E-state index contributed by atoms with van der Waals surface area (Å²) in [7, 11) is -2.84. The van der Waals surface area contributed by atoms with Crippen LogP contribution in [0.25, 0.3) is 0 Å². The van der Waals surface area contributed by atoms with Crippen molar-refractivity contribution >= 4 is 15.7 Å². The summed E-state index contributed by atoms with van der Waals surface area (Å²) in [4.78, 5) is 16.3. The highest BCUT2D eigenvalue weighted by molar-refractivity contribution is 7.91. The van der Waals surface area contributed by atoms with Crippen molar-refractivity contribution in [1.82, 2.24) is 9.80 Å². The van der Waals surface area contributed by atoms with Gasteiger partial charge in [0.15, 0.2) is 9.84 Å². The lowest BCUT2D eigenvalue weighted by Gasteiger charge is -2.37. The minimum atomic E-state index is -2.84. The van der Waals surface area contributed by atoms with E-state index in [9.17, 15) is 13.2 Å². The topological polar surface area (TPSA) is 70.8 Å². The van der Waals surface area contributed by atoms with Gasteiger partial charge in [-0.1, -0.05) is 0 Å². The summed E-state index contributed by atoms with van der Waals surface area (Å²) in [5, 5.41) is 0. The summed E-state index contributed by atoms with van der Waals surface area (Å²) >= 11 is 0. The highest BCUT2D eigenvalue weighted by atomic mass is 32.2. The van der Waals surface area contributed by atoms with E-state index in [0.29, 0.717) is 31.7 Å². The van der Waals surface area contributed by atoms with Gasteiger partial charge in [0.05, 0.1) is 17.8 Å². The molecule has 2 aliphatic heterocycles. The fraction of sp³-hybridized carbons (Fsp3) is 0.667. The molecule has 0 spiro atoms. The number of nitrogens with zero attached hydrogens (tertiary/aromatic N) is 2. The maximum atomic E-state index is 12.2. The molecule has 0 bridgehead atoms. The van der Waals surface area contributed by atoms with Crippen LogP contribution in [-0.4, -0.2) is 67.9 Å². The summed E-state index contributed by atoms with van der Waals surface area (Å²) in [6.45, 7) is 2.92. The van der Waals surface area contributed by atoms with Crippen molar-refractivity contribution in [2.45, 2.75) is 25.3 Å². The Kier molecular flexibility index (Phi) is 4.54. The number of carbonyl (C=O) groups is 1. The van der Waals surface area contributed by atoms with E-state index in [-0.39, 0.29) is 17.7 Å². The molecule has 0 saturated carbocycles. The van der Waals surface area contributed by atoms with Gasteiger partial charge in [0.2, 0.25) is 5.91 Å². The Hall–Kier alpha value is -1.34. The van der Waals surface area contributed by atoms with Crippen LogP contribution < -0.4 is 0 Å². The van der Waals surface area contributed by atoms with E-state index in [2.05, 4.69) is 4.90 Å². The molecule has 1 atom stereocenters. The molecule has 2 saturated heterocycles. The van der Waals surface area contributed by atoms with Gasteiger partial charge in [-0.05, 0) is 18.6 Å². The maximum absolute atomic E-state index is 12.2. The Morgan fingerprint density at radius 3 is 2.64 bits per heavy atom. The molecule has 1 amide bonds. The van der Waals surface area contributed by atoms with Gasteiger partial charge in [0.25, 0.3) is 0 Å². The zero-order chi connectivity index (χ0) is 15.6. The minimum absolute atomic E-state index is 0.144. The molecule has 7 heteroatoms. The fourth-order valence-electron chi connectivity index (χ4n) is 3.24. The van der Waals surface area contributed by atoms with Crippen molar-refractivity contribution < 1.29 is 17.6 Å². The predicted octanol–water partition coefficient (Wildman–Crippen LogP) is 0.543. The second-order valence-electron chi connectivity index (χ2n) is 6.05. The number of hydrogen-bond donors (Lipinski definition) is 0. The number of rotatable bonds is 4. The molecule has 0 aliphatic carbocycles. The van der Waals surface area contributed by atoms with Gasteiger partial charge in [0.1, 0.15) is 5.76 Å². The molecule has 0 radical (unpaired) electrons. The normalized spacial score (nSPS) is 25.5. The Bertz CT molecular complexity index is 603. The highest BCUT2D eigenvalue weighted by Crippen LogP contribution is 2.19. The molecular formula is C15H22N2O4S. The third-order valence-corrected chi connectivity index (χ3v) is 6.31. The second-order valence-corrected chi connectivity index (χ2v) is 8.28. The van der Waals surface area contributed by atoms with Gasteiger partial charge in [0, 0.05) is 45.1 Å². The van der Waals surface area contributed by atoms with Crippen molar-refractivity contribution in [3.63, 3.8) is 0 Å². The minimum Gasteiger partial charge on any atom is -0.469 e. The van der Waals surface area contributed by atoms with Gasteiger partial charge >= 0.3 is 0 Å². The average molecular weight is 326 g/mol. The molecule has 22 heavy (non-hydrogen) atoms. The molecular weight excluding hydrogens is 304 g/mol. The number of carbonyl (C=O) groups excluding carboxylic acids is 1. The van der Waals surface area contributed by atoms with Crippen molar-refractivity contribution in [3.05, 3.63) is 24.2 Å². The number of sulfone groups is 1. The second kappa shape index (κ2) is 6.42. The summed E-state index contributed by atoms with van der Waals surface area (Å²) < 4.78 is 28.3. The van der Waals surface area contributed by atoms with E-state index in [1.54, 1.807) is 6.26 Å². The monoisotopic (exact) mass is 326 g/mol. The standard InChI is InChI=1S/C15H22N2O4S/c18-15(4-3-14-2-1-10-21-14)17-8-6-16(7-9-17)13-5-11-22(19,20)12-13/h1-2,10,13H,3-9,11-12H2. The maximum Gasteiger partial charge on any atom is 0.223 e. The third kappa shape index (κ3) is 3.70. The molecule has 2 aliphatic rings. The van der Waals surface area contributed by atoms with Crippen LogP contribution in [0.1, 0.15) is 18.6 Å². The van der Waals surface area contributed by atoms with Gasteiger partial charge in [-0.15, -0.1) is 0 Å². The van der Waals surface area contributed by atoms with E-state index in [0.717, 1.165) is 25.3 Å². The first-order valence-electron chi connectivity index (χ1n) is 7.78. The average Bonchev–Trinajstić information content (AvgIpc) is 3.14. The van der Waals surface area contributed by atoms with Crippen LogP contribution in [0.4, 0.5) is 0 Å². The molecule has 2 fully saturated rings. The summed E-state index contributed by atoms with van der Waals surface area (Å²) in [6, 6.07) is 3.85. The Balaban J connectivity index is 1.44. The summed E-state index contributed by atoms with van der Waals surface area (Å²) in [6.07, 6.45) is 3.45. The predicted molar refractivity (Wildman–Crippen MR) is 82.2 cm³/mol. The molecule has 3 heterocycles. The molecule has 1 aromatic rings. The van der Waals surface area contributed by atoms with Crippen molar-refractivity contribution in [2.75, 3.05) is 37.7 Å². The van der Waals surface area contributed by atoms with E-state index < -0.39 is 9.84 Å². The Morgan fingerprint density at radius 1 is 1.27 bits per heavy atom. The lowest BCUT2D eigenvalue weighted by atomic mass is 10.1. The molecule has 1 aromatic heterocycles. The molecule has 1 unspecified atom stereocenters. The van der Waals surface area contributed by atoms with Crippen molar-refractivity contribution in [3.8, 4) is 0 Å². The van der Waals surface area contributed by atoms with Crippen LogP contribution in [0.2, 0.25) is 0 Å². The number of amides is 1. The smallest absolute Gasteiger partial charge is 0.223 e. The number of aryl methyl sites for hydroxylation is 1. The number of furan rings is 1. The van der Waals surface area contributed by atoms with Gasteiger partial charge in [-0.2, -0.15) is 0 Å². The van der Waals surface area contributed by atoms with Crippen molar-refractivity contribution in [1.29, 1.82) is 0 Å². The van der Waals surface area contributed by atoms with E-state index in [4.69, 9.17) is 4.42 Å². The first-order valence-corrected chi connectivity index (χ1v) is 9.60. The van der Waals surface area contributed by atoms with E-state index in [1.807, 2.05) is 17.0 Å². The molecule has 0 N–H and O–H groups in total. The van der Waals surface area contributed by atoms with E-state index >= 15 is 0 Å². The highest BCUT2D eigenvalue weighted by Gasteiger charge is 2.34. The fourth-order valence-corrected chi connectivity index (χ4v) is 5.00.